The van der Waals surface area contributed by atoms with Gasteiger partial charge in [0.05, 0.1) is 17.3 Å². The Morgan fingerprint density at radius 1 is 1.22 bits per heavy atom. The van der Waals surface area contributed by atoms with Gasteiger partial charge >= 0.3 is 0 Å². The molecule has 1 amide bonds. The number of anilines is 1. The summed E-state index contributed by atoms with van der Waals surface area (Å²) in [6.45, 7) is 7.38. The molecule has 3 rings (SSSR count). The topological polar surface area (TPSA) is 91.0 Å². The predicted octanol–water partition coefficient (Wildman–Crippen LogP) is 5.23. The third kappa shape index (κ3) is 5.89. The molecule has 0 bridgehead atoms. The number of aryl methyl sites for hydroxylation is 1. The van der Waals surface area contributed by atoms with E-state index in [0.717, 1.165) is 16.8 Å². The van der Waals surface area contributed by atoms with E-state index in [0.29, 0.717) is 22.9 Å². The van der Waals surface area contributed by atoms with Crippen molar-refractivity contribution in [1.82, 2.24) is 10.5 Å². The second-order valence-electron chi connectivity index (χ2n) is 8.52. The van der Waals surface area contributed by atoms with Crippen molar-refractivity contribution in [3.05, 3.63) is 82.0 Å². The van der Waals surface area contributed by atoms with Gasteiger partial charge in [0, 0.05) is 23.0 Å². The predicted molar refractivity (Wildman–Crippen MR) is 126 cm³/mol. The maximum Gasteiger partial charge on any atom is 0.245 e. The number of halogens is 1. The number of hydrogen-bond acceptors (Lipinski definition) is 5. The highest BCUT2D eigenvalue weighted by Crippen LogP contribution is 2.27. The Morgan fingerprint density at radius 2 is 1.94 bits per heavy atom. The maximum atomic E-state index is 13.1. The SMILES string of the molecule is Cc1cc(NC(C)(C)C(=O)N[C@@H](C)[C@@H](Cc2ccc(Cl)cc2)c2cccc(C#N)c2)on1. The number of hydrogen-bond donors (Lipinski definition) is 2. The van der Waals surface area contributed by atoms with E-state index in [-0.39, 0.29) is 17.9 Å². The summed E-state index contributed by atoms with van der Waals surface area (Å²) in [5.74, 6) is 0.225. The van der Waals surface area contributed by atoms with Crippen LogP contribution in [0.15, 0.2) is 59.1 Å². The van der Waals surface area contributed by atoms with Gasteiger partial charge in [-0.3, -0.25) is 4.79 Å². The number of rotatable bonds is 8. The molecule has 0 spiro atoms. The van der Waals surface area contributed by atoms with Crippen molar-refractivity contribution in [3.8, 4) is 6.07 Å². The summed E-state index contributed by atoms with van der Waals surface area (Å²) in [5.41, 5.74) is 2.49. The smallest absolute Gasteiger partial charge is 0.245 e. The molecule has 3 aromatic rings. The highest BCUT2D eigenvalue weighted by molar-refractivity contribution is 6.30. The van der Waals surface area contributed by atoms with Crippen molar-refractivity contribution in [1.29, 1.82) is 5.26 Å². The van der Waals surface area contributed by atoms with Crippen LogP contribution in [0.25, 0.3) is 0 Å². The van der Waals surface area contributed by atoms with Gasteiger partial charge in [-0.05, 0) is 69.5 Å². The van der Waals surface area contributed by atoms with Gasteiger partial charge in [0.15, 0.2) is 0 Å². The summed E-state index contributed by atoms with van der Waals surface area (Å²) >= 11 is 6.04. The average molecular weight is 451 g/mol. The first-order valence-electron chi connectivity index (χ1n) is 10.4. The van der Waals surface area contributed by atoms with Gasteiger partial charge < -0.3 is 15.2 Å². The first-order chi connectivity index (χ1) is 15.2. The minimum absolute atomic E-state index is 0.0447. The van der Waals surface area contributed by atoms with Gasteiger partial charge in [0.1, 0.15) is 5.54 Å². The lowest BCUT2D eigenvalue weighted by Crippen LogP contribution is -2.51. The van der Waals surface area contributed by atoms with E-state index in [4.69, 9.17) is 16.1 Å². The van der Waals surface area contributed by atoms with Crippen LogP contribution in [0.3, 0.4) is 0 Å². The monoisotopic (exact) mass is 450 g/mol. The van der Waals surface area contributed by atoms with Gasteiger partial charge in [-0.1, -0.05) is 41.0 Å². The molecule has 0 saturated carbocycles. The van der Waals surface area contributed by atoms with E-state index >= 15 is 0 Å². The molecule has 2 N–H and O–H groups in total. The Morgan fingerprint density at radius 3 is 2.56 bits per heavy atom. The molecule has 2 aromatic carbocycles. The van der Waals surface area contributed by atoms with E-state index in [1.54, 1.807) is 26.0 Å². The molecule has 166 valence electrons. The summed E-state index contributed by atoms with van der Waals surface area (Å²) in [6.07, 6.45) is 0.683. The Hall–Kier alpha value is -3.30. The Kier molecular flexibility index (Phi) is 7.22. The van der Waals surface area contributed by atoms with Crippen molar-refractivity contribution in [2.24, 2.45) is 0 Å². The molecule has 2 atom stereocenters. The number of benzene rings is 2. The number of carbonyl (C=O) groups excluding carboxylic acids is 1. The molecule has 1 heterocycles. The first-order valence-corrected chi connectivity index (χ1v) is 10.8. The molecular weight excluding hydrogens is 424 g/mol. The molecular formula is C25H27ClN4O2. The first kappa shape index (κ1) is 23.4. The molecule has 0 unspecified atom stereocenters. The fourth-order valence-electron chi connectivity index (χ4n) is 3.57. The van der Waals surface area contributed by atoms with Gasteiger partial charge in [-0.25, -0.2) is 0 Å². The van der Waals surface area contributed by atoms with Crippen LogP contribution in [0, 0.1) is 18.3 Å². The van der Waals surface area contributed by atoms with Crippen molar-refractivity contribution in [2.45, 2.75) is 51.6 Å². The van der Waals surface area contributed by atoms with E-state index in [1.807, 2.05) is 56.3 Å². The van der Waals surface area contributed by atoms with Crippen molar-refractivity contribution in [2.75, 3.05) is 5.32 Å². The van der Waals surface area contributed by atoms with Crippen LogP contribution in [0.1, 0.15) is 49.1 Å². The van der Waals surface area contributed by atoms with Crippen molar-refractivity contribution in [3.63, 3.8) is 0 Å². The van der Waals surface area contributed by atoms with Crippen LogP contribution in [-0.4, -0.2) is 22.6 Å². The molecule has 0 aliphatic heterocycles. The van der Waals surface area contributed by atoms with Crippen molar-refractivity contribution >= 4 is 23.4 Å². The Labute approximate surface area is 193 Å². The van der Waals surface area contributed by atoms with Crippen molar-refractivity contribution < 1.29 is 9.32 Å². The average Bonchev–Trinajstić information content (AvgIpc) is 3.16. The molecule has 7 heteroatoms. The molecule has 0 saturated heterocycles. The van der Waals surface area contributed by atoms with E-state index in [9.17, 15) is 10.1 Å². The summed E-state index contributed by atoms with van der Waals surface area (Å²) in [5, 5.41) is 20.1. The number of nitriles is 1. The summed E-state index contributed by atoms with van der Waals surface area (Å²) in [7, 11) is 0. The van der Waals surface area contributed by atoms with E-state index < -0.39 is 5.54 Å². The van der Waals surface area contributed by atoms with Crippen LogP contribution in [0.2, 0.25) is 5.02 Å². The van der Waals surface area contributed by atoms with Crippen LogP contribution in [-0.2, 0) is 11.2 Å². The molecule has 0 aliphatic rings. The summed E-state index contributed by atoms with van der Waals surface area (Å²) in [4.78, 5) is 13.1. The van der Waals surface area contributed by atoms with E-state index in [2.05, 4.69) is 21.9 Å². The lowest BCUT2D eigenvalue weighted by atomic mass is 9.85. The van der Waals surface area contributed by atoms with Gasteiger partial charge in [-0.2, -0.15) is 5.26 Å². The zero-order valence-corrected chi connectivity index (χ0v) is 19.4. The molecule has 0 fully saturated rings. The zero-order valence-electron chi connectivity index (χ0n) is 18.6. The molecule has 0 aliphatic carbocycles. The highest BCUT2D eigenvalue weighted by atomic mass is 35.5. The van der Waals surface area contributed by atoms with Crippen LogP contribution in [0.5, 0.6) is 0 Å². The third-order valence-electron chi connectivity index (χ3n) is 5.41. The fourth-order valence-corrected chi connectivity index (χ4v) is 3.70. The minimum Gasteiger partial charge on any atom is -0.351 e. The maximum absolute atomic E-state index is 13.1. The molecule has 6 nitrogen and oxygen atoms in total. The molecule has 0 radical (unpaired) electrons. The standard InChI is InChI=1S/C25H27ClN4O2/c1-16-12-23(32-30-16)29-25(3,4)24(31)28-17(2)22(14-18-8-10-21(26)11-9-18)20-7-5-6-19(13-20)15-27/h5-13,17,22,29H,14H2,1-4H3,(H,28,31)/t17-,22+/m0/s1. The largest absolute Gasteiger partial charge is 0.351 e. The quantitative estimate of drug-likeness (QED) is 0.490. The lowest BCUT2D eigenvalue weighted by Gasteiger charge is -2.31. The number of nitrogens with one attached hydrogen (secondary N) is 2. The highest BCUT2D eigenvalue weighted by Gasteiger charge is 2.32. The molecule has 1 aromatic heterocycles. The normalized spacial score (nSPS) is 13.1. The van der Waals surface area contributed by atoms with Crippen LogP contribution < -0.4 is 10.6 Å². The Balaban J connectivity index is 1.81. The number of amides is 1. The second-order valence-corrected chi connectivity index (χ2v) is 8.96. The van der Waals surface area contributed by atoms with Gasteiger partial charge in [-0.15, -0.1) is 0 Å². The summed E-state index contributed by atoms with van der Waals surface area (Å²) < 4.78 is 5.20. The third-order valence-corrected chi connectivity index (χ3v) is 5.66. The number of carbonyl (C=O) groups is 1. The number of nitrogens with zero attached hydrogens (tertiary/aromatic N) is 2. The fraction of sp³-hybridized carbons (Fsp3) is 0.320. The van der Waals surface area contributed by atoms with Crippen LogP contribution in [0.4, 0.5) is 5.88 Å². The van der Waals surface area contributed by atoms with Crippen LogP contribution >= 0.6 is 11.6 Å². The molecule has 32 heavy (non-hydrogen) atoms. The van der Waals surface area contributed by atoms with Gasteiger partial charge in [0.25, 0.3) is 0 Å². The number of aromatic nitrogens is 1. The Bertz CT molecular complexity index is 1120. The lowest BCUT2D eigenvalue weighted by molar-refractivity contribution is -0.125. The zero-order chi connectivity index (χ0) is 23.3. The van der Waals surface area contributed by atoms with Gasteiger partial charge in [0.2, 0.25) is 11.8 Å². The summed E-state index contributed by atoms with van der Waals surface area (Å²) in [6, 6.07) is 18.9. The van der Waals surface area contributed by atoms with E-state index in [1.165, 1.54) is 0 Å². The minimum atomic E-state index is -0.917. The second kappa shape index (κ2) is 9.88.